The zero-order chi connectivity index (χ0) is 21.3. The molecule has 1 aromatic carbocycles. The van der Waals surface area contributed by atoms with Crippen LogP contribution in [-0.4, -0.2) is 45.4 Å². The van der Waals surface area contributed by atoms with Crippen LogP contribution in [0.1, 0.15) is 23.2 Å². The molecule has 0 saturated carbocycles. The Bertz CT molecular complexity index is 987. The molecule has 0 saturated heterocycles. The Morgan fingerprint density at radius 2 is 1.83 bits per heavy atom. The van der Waals surface area contributed by atoms with Gasteiger partial charge in [0.05, 0.1) is 0 Å². The summed E-state index contributed by atoms with van der Waals surface area (Å²) in [5.74, 6) is 0.106. The minimum atomic E-state index is -0.392. The van der Waals surface area contributed by atoms with E-state index in [0.29, 0.717) is 40.9 Å². The third kappa shape index (κ3) is 5.52. The summed E-state index contributed by atoms with van der Waals surface area (Å²) < 4.78 is 13.2. The van der Waals surface area contributed by atoms with Crippen molar-refractivity contribution in [1.29, 1.82) is 0 Å². The molecule has 0 bridgehead atoms. The summed E-state index contributed by atoms with van der Waals surface area (Å²) in [6, 6.07) is 9.14. The van der Waals surface area contributed by atoms with Gasteiger partial charge in [-0.2, -0.15) is 0 Å². The van der Waals surface area contributed by atoms with Gasteiger partial charge in [0.25, 0.3) is 5.91 Å². The maximum absolute atomic E-state index is 13.2. The predicted octanol–water partition coefficient (Wildman–Crippen LogP) is 3.84. The van der Waals surface area contributed by atoms with Gasteiger partial charge in [-0.15, -0.1) is 11.8 Å². The highest BCUT2D eigenvalue weighted by Gasteiger charge is 2.21. The molecule has 3 aromatic rings. The van der Waals surface area contributed by atoms with Crippen molar-refractivity contribution in [1.82, 2.24) is 15.0 Å². The summed E-state index contributed by atoms with van der Waals surface area (Å²) in [6.45, 7) is 0.639. The molecule has 156 valence electrons. The fourth-order valence-corrected chi connectivity index (χ4v) is 3.29. The topological polar surface area (TPSA) is 100 Å². The van der Waals surface area contributed by atoms with E-state index in [4.69, 9.17) is 5.11 Å². The van der Waals surface area contributed by atoms with Gasteiger partial charge in [0, 0.05) is 36.8 Å². The number of halogens is 1. The molecule has 2 heterocycles. The molecule has 0 atom stereocenters. The number of rotatable bonds is 9. The molecule has 1 amide bonds. The molecular formula is C21H22FN5O2S. The Balaban J connectivity index is 1.97. The lowest BCUT2D eigenvalue weighted by Gasteiger charge is -2.15. The first-order valence-corrected chi connectivity index (χ1v) is 10.6. The number of anilines is 2. The summed E-state index contributed by atoms with van der Waals surface area (Å²) >= 11 is 1.34. The number of aromatic nitrogens is 3. The van der Waals surface area contributed by atoms with E-state index in [1.54, 1.807) is 24.5 Å². The van der Waals surface area contributed by atoms with Crippen molar-refractivity contribution in [2.75, 3.05) is 30.0 Å². The van der Waals surface area contributed by atoms with Crippen LogP contribution in [0.4, 0.5) is 15.9 Å². The predicted molar refractivity (Wildman–Crippen MR) is 116 cm³/mol. The Labute approximate surface area is 178 Å². The van der Waals surface area contributed by atoms with E-state index in [2.05, 4.69) is 25.6 Å². The van der Waals surface area contributed by atoms with Gasteiger partial charge in [-0.1, -0.05) is 0 Å². The molecule has 3 N–H and O–H groups in total. The molecule has 0 aliphatic heterocycles. The molecule has 30 heavy (non-hydrogen) atoms. The molecule has 9 heteroatoms. The fraction of sp³-hybridized carbons (Fsp3) is 0.238. The quantitative estimate of drug-likeness (QED) is 0.271. The van der Waals surface area contributed by atoms with Crippen molar-refractivity contribution >= 4 is 29.2 Å². The van der Waals surface area contributed by atoms with Crippen molar-refractivity contribution < 1.29 is 14.3 Å². The van der Waals surface area contributed by atoms with Gasteiger partial charge >= 0.3 is 0 Å². The highest BCUT2D eigenvalue weighted by atomic mass is 32.2. The summed E-state index contributed by atoms with van der Waals surface area (Å²) in [5, 5.41) is 15.5. The van der Waals surface area contributed by atoms with Crippen LogP contribution in [0.3, 0.4) is 0 Å². The average Bonchev–Trinajstić information content (AvgIpc) is 2.78. The molecule has 7 nitrogen and oxygen atoms in total. The lowest BCUT2D eigenvalue weighted by molar-refractivity contribution is 0.102. The Hall–Kier alpha value is -3.04. The number of benzene rings is 1. The zero-order valence-electron chi connectivity index (χ0n) is 16.4. The number of carbonyl (C=O) groups excluding carboxylic acids is 1. The third-order valence-corrected chi connectivity index (χ3v) is 4.90. The standard InChI is InChI=1S/C21H22FN5O2S/c1-30-21-17(20(29)25-16-6-4-15(22)5-7-16)19(24-10-2-3-13-28)26-18(27-21)14-8-11-23-12-9-14/h4-9,11-12,28H,2-3,10,13H2,1H3,(H,25,29)(H,24,26,27). The number of hydrogen-bond acceptors (Lipinski definition) is 7. The minimum Gasteiger partial charge on any atom is -0.396 e. The lowest BCUT2D eigenvalue weighted by atomic mass is 10.2. The third-order valence-electron chi connectivity index (χ3n) is 4.21. The lowest BCUT2D eigenvalue weighted by Crippen LogP contribution is -2.19. The number of hydrogen-bond donors (Lipinski definition) is 3. The van der Waals surface area contributed by atoms with Crippen molar-refractivity contribution in [3.05, 3.63) is 60.2 Å². The van der Waals surface area contributed by atoms with E-state index >= 15 is 0 Å². The zero-order valence-corrected chi connectivity index (χ0v) is 17.2. The molecule has 0 aliphatic carbocycles. The number of nitrogens with zero attached hydrogens (tertiary/aromatic N) is 3. The first-order valence-electron chi connectivity index (χ1n) is 9.40. The largest absolute Gasteiger partial charge is 0.396 e. The van der Waals surface area contributed by atoms with Gasteiger partial charge in [-0.05, 0) is 55.5 Å². The van der Waals surface area contributed by atoms with Crippen molar-refractivity contribution in [3.8, 4) is 11.4 Å². The number of thioether (sulfide) groups is 1. The van der Waals surface area contributed by atoms with E-state index < -0.39 is 5.91 Å². The summed E-state index contributed by atoms with van der Waals surface area (Å²) in [6.07, 6.45) is 6.51. The van der Waals surface area contributed by atoms with Crippen LogP contribution in [0.5, 0.6) is 0 Å². The number of aliphatic hydroxyl groups is 1. The van der Waals surface area contributed by atoms with Gasteiger partial charge in [0.1, 0.15) is 22.2 Å². The van der Waals surface area contributed by atoms with E-state index in [9.17, 15) is 9.18 Å². The van der Waals surface area contributed by atoms with Crippen LogP contribution in [0.15, 0.2) is 53.8 Å². The Morgan fingerprint density at radius 1 is 1.10 bits per heavy atom. The average molecular weight is 428 g/mol. The Kier molecular flexibility index (Phi) is 7.69. The normalized spacial score (nSPS) is 10.6. The summed E-state index contributed by atoms with van der Waals surface area (Å²) in [4.78, 5) is 26.2. The van der Waals surface area contributed by atoms with Crippen LogP contribution >= 0.6 is 11.8 Å². The van der Waals surface area contributed by atoms with Crippen molar-refractivity contribution in [2.24, 2.45) is 0 Å². The maximum Gasteiger partial charge on any atom is 0.262 e. The molecule has 0 fully saturated rings. The number of carbonyl (C=O) groups is 1. The van der Waals surface area contributed by atoms with Crippen LogP contribution in [0.2, 0.25) is 0 Å². The second-order valence-corrected chi connectivity index (χ2v) is 7.13. The number of unbranched alkanes of at least 4 members (excludes halogenated alkanes) is 1. The van der Waals surface area contributed by atoms with Crippen molar-refractivity contribution in [2.45, 2.75) is 17.9 Å². The number of pyridine rings is 1. The summed E-state index contributed by atoms with van der Waals surface area (Å²) in [5.41, 5.74) is 1.57. The SMILES string of the molecule is CSc1nc(-c2ccncc2)nc(NCCCCO)c1C(=O)Nc1ccc(F)cc1. The van der Waals surface area contributed by atoms with Crippen LogP contribution < -0.4 is 10.6 Å². The van der Waals surface area contributed by atoms with Crippen LogP contribution in [-0.2, 0) is 0 Å². The second-order valence-electron chi connectivity index (χ2n) is 6.33. The van der Waals surface area contributed by atoms with E-state index in [1.807, 2.05) is 6.26 Å². The smallest absolute Gasteiger partial charge is 0.262 e. The van der Waals surface area contributed by atoms with Crippen molar-refractivity contribution in [3.63, 3.8) is 0 Å². The minimum absolute atomic E-state index is 0.0989. The van der Waals surface area contributed by atoms with Gasteiger partial charge in [0.15, 0.2) is 5.82 Å². The number of aliphatic hydroxyl groups excluding tert-OH is 1. The highest BCUT2D eigenvalue weighted by molar-refractivity contribution is 7.98. The number of nitrogens with one attached hydrogen (secondary N) is 2. The van der Waals surface area contributed by atoms with Gasteiger partial charge in [-0.3, -0.25) is 9.78 Å². The fourth-order valence-electron chi connectivity index (χ4n) is 2.72. The van der Waals surface area contributed by atoms with Gasteiger partial charge < -0.3 is 15.7 Å². The van der Waals surface area contributed by atoms with Gasteiger partial charge in [0.2, 0.25) is 0 Å². The first-order chi connectivity index (χ1) is 14.6. The molecule has 0 aliphatic rings. The molecule has 3 rings (SSSR count). The maximum atomic E-state index is 13.2. The molecule has 2 aromatic heterocycles. The molecular weight excluding hydrogens is 405 g/mol. The van der Waals surface area contributed by atoms with Gasteiger partial charge in [-0.25, -0.2) is 14.4 Å². The van der Waals surface area contributed by atoms with Crippen LogP contribution in [0.25, 0.3) is 11.4 Å². The second kappa shape index (κ2) is 10.7. The Morgan fingerprint density at radius 3 is 2.50 bits per heavy atom. The first kappa shape index (κ1) is 21.7. The van der Waals surface area contributed by atoms with E-state index in [-0.39, 0.29) is 12.4 Å². The van der Waals surface area contributed by atoms with E-state index in [0.717, 1.165) is 12.0 Å². The molecule has 0 unspecified atom stereocenters. The molecule has 0 radical (unpaired) electrons. The monoisotopic (exact) mass is 427 g/mol. The number of amides is 1. The highest BCUT2D eigenvalue weighted by Crippen LogP contribution is 2.29. The summed E-state index contributed by atoms with van der Waals surface area (Å²) in [7, 11) is 0. The van der Waals surface area contributed by atoms with Crippen LogP contribution in [0, 0.1) is 5.82 Å². The van der Waals surface area contributed by atoms with E-state index in [1.165, 1.54) is 36.0 Å². The molecule has 0 spiro atoms.